The number of benzene rings is 2. The molecule has 2 rings (SSSR count). The molecule has 0 N–H and O–H groups in total. The number of hydrogen-bond donors (Lipinski definition) is 0. The van der Waals surface area contributed by atoms with Crippen molar-refractivity contribution in [1.29, 1.82) is 0 Å². The van der Waals surface area contributed by atoms with Crippen molar-refractivity contribution in [2.24, 2.45) is 0 Å². The molecule has 1 nitrogen and oxygen atoms in total. The van der Waals surface area contributed by atoms with Crippen LogP contribution in [-0.2, 0) is 18.1 Å². The van der Waals surface area contributed by atoms with Crippen molar-refractivity contribution in [2.75, 3.05) is 0 Å². The van der Waals surface area contributed by atoms with Crippen LogP contribution in [0, 0.1) is 0 Å². The fraction of sp³-hybridized carbons (Fsp3) is 0.200. The van der Waals surface area contributed by atoms with Crippen molar-refractivity contribution >= 4 is 31.9 Å². The summed E-state index contributed by atoms with van der Waals surface area (Å²) >= 11 is 6.23. The summed E-state index contributed by atoms with van der Waals surface area (Å²) < 4.78 is 44.2. The predicted molar refractivity (Wildman–Crippen MR) is 82.5 cm³/mol. The summed E-state index contributed by atoms with van der Waals surface area (Å²) in [5.74, 6) is 0.426. The van der Waals surface area contributed by atoms with Crippen LogP contribution >= 0.6 is 31.9 Å². The third-order valence-corrected chi connectivity index (χ3v) is 4.34. The van der Waals surface area contributed by atoms with Crippen LogP contribution in [-0.4, -0.2) is 0 Å². The van der Waals surface area contributed by atoms with Crippen LogP contribution in [0.5, 0.6) is 5.75 Å². The average molecular weight is 424 g/mol. The minimum atomic E-state index is -4.40. The lowest BCUT2D eigenvalue weighted by atomic mass is 10.1. The second-order valence-corrected chi connectivity index (χ2v) is 5.66. The van der Waals surface area contributed by atoms with Gasteiger partial charge in [0.1, 0.15) is 12.4 Å². The Bertz CT molecular complexity index is 612. The van der Waals surface area contributed by atoms with E-state index in [0.717, 1.165) is 11.6 Å². The number of ether oxygens (including phenoxy) is 1. The second kappa shape index (κ2) is 6.83. The molecule has 21 heavy (non-hydrogen) atoms. The van der Waals surface area contributed by atoms with Gasteiger partial charge in [-0.05, 0) is 33.6 Å². The van der Waals surface area contributed by atoms with Crippen LogP contribution in [0.1, 0.15) is 16.7 Å². The van der Waals surface area contributed by atoms with Gasteiger partial charge in [-0.1, -0.05) is 46.3 Å². The van der Waals surface area contributed by atoms with Crippen LogP contribution in [0.4, 0.5) is 13.2 Å². The summed E-state index contributed by atoms with van der Waals surface area (Å²) in [4.78, 5) is 0. The van der Waals surface area contributed by atoms with E-state index in [-0.39, 0.29) is 9.80 Å². The molecule has 0 bridgehead atoms. The summed E-state index contributed by atoms with van der Waals surface area (Å²) in [7, 11) is 0. The zero-order valence-electron chi connectivity index (χ0n) is 10.8. The van der Waals surface area contributed by atoms with Gasteiger partial charge in [-0.25, -0.2) is 0 Å². The molecule has 0 amide bonds. The summed E-state index contributed by atoms with van der Waals surface area (Å²) in [5, 5.41) is 0.266. The fourth-order valence-electron chi connectivity index (χ4n) is 1.82. The molecule has 0 saturated heterocycles. The molecular formula is C15H11Br2F3O. The molecule has 0 aliphatic rings. The van der Waals surface area contributed by atoms with Gasteiger partial charge in [0.2, 0.25) is 0 Å². The number of halogens is 5. The van der Waals surface area contributed by atoms with Gasteiger partial charge in [0.25, 0.3) is 0 Å². The third kappa shape index (κ3) is 4.01. The highest BCUT2D eigenvalue weighted by Crippen LogP contribution is 2.40. The lowest BCUT2D eigenvalue weighted by Gasteiger charge is -2.16. The summed E-state index contributed by atoms with van der Waals surface area (Å²) in [6.07, 6.45) is -4.40. The van der Waals surface area contributed by atoms with Gasteiger partial charge in [0, 0.05) is 15.4 Å². The minimum Gasteiger partial charge on any atom is -0.489 e. The molecule has 0 radical (unpaired) electrons. The van der Waals surface area contributed by atoms with E-state index < -0.39 is 11.7 Å². The highest BCUT2D eigenvalue weighted by molar-refractivity contribution is 9.10. The molecule has 0 aliphatic heterocycles. The smallest absolute Gasteiger partial charge is 0.417 e. The highest BCUT2D eigenvalue weighted by atomic mass is 79.9. The van der Waals surface area contributed by atoms with Crippen molar-refractivity contribution in [2.45, 2.75) is 18.1 Å². The zero-order valence-corrected chi connectivity index (χ0v) is 13.9. The normalized spacial score (nSPS) is 11.5. The quantitative estimate of drug-likeness (QED) is 0.552. The van der Waals surface area contributed by atoms with E-state index in [9.17, 15) is 13.2 Å². The SMILES string of the molecule is FC(F)(F)c1ccc(OCc2ccccc2)c(CBr)c1Br. The molecule has 0 saturated carbocycles. The monoisotopic (exact) mass is 422 g/mol. The van der Waals surface area contributed by atoms with E-state index in [0.29, 0.717) is 17.9 Å². The average Bonchev–Trinajstić information content (AvgIpc) is 2.45. The van der Waals surface area contributed by atoms with E-state index in [1.165, 1.54) is 6.07 Å². The first-order valence-electron chi connectivity index (χ1n) is 6.04. The molecule has 2 aromatic carbocycles. The Balaban J connectivity index is 2.26. The first-order valence-corrected chi connectivity index (χ1v) is 7.96. The molecular weight excluding hydrogens is 413 g/mol. The summed E-state index contributed by atoms with van der Waals surface area (Å²) in [6, 6.07) is 11.8. The molecule has 0 aromatic heterocycles. The Kier molecular flexibility index (Phi) is 5.32. The number of alkyl halides is 4. The first kappa shape index (κ1) is 16.4. The van der Waals surface area contributed by atoms with E-state index >= 15 is 0 Å². The molecule has 2 aromatic rings. The van der Waals surface area contributed by atoms with Crippen molar-refractivity contribution in [3.05, 3.63) is 63.6 Å². The lowest BCUT2D eigenvalue weighted by molar-refractivity contribution is -0.138. The van der Waals surface area contributed by atoms with Crippen molar-refractivity contribution < 1.29 is 17.9 Å². The largest absolute Gasteiger partial charge is 0.489 e. The van der Waals surface area contributed by atoms with E-state index in [1.54, 1.807) is 0 Å². The van der Waals surface area contributed by atoms with Gasteiger partial charge in [-0.15, -0.1) is 0 Å². The first-order chi connectivity index (χ1) is 9.93. The molecule has 6 heteroatoms. The highest BCUT2D eigenvalue weighted by Gasteiger charge is 2.34. The van der Waals surface area contributed by atoms with Crippen LogP contribution < -0.4 is 4.74 Å². The van der Waals surface area contributed by atoms with E-state index in [2.05, 4.69) is 31.9 Å². The lowest BCUT2D eigenvalue weighted by Crippen LogP contribution is -2.08. The van der Waals surface area contributed by atoms with Gasteiger partial charge < -0.3 is 4.74 Å². The van der Waals surface area contributed by atoms with Gasteiger partial charge >= 0.3 is 6.18 Å². The molecule has 0 fully saturated rings. The molecule has 0 heterocycles. The minimum absolute atomic E-state index is 0.0115. The zero-order chi connectivity index (χ0) is 15.5. The molecule has 0 unspecified atom stereocenters. The van der Waals surface area contributed by atoms with E-state index in [1.807, 2.05) is 30.3 Å². The van der Waals surface area contributed by atoms with Gasteiger partial charge in [0.05, 0.1) is 5.56 Å². The van der Waals surface area contributed by atoms with Crippen LogP contribution in [0.2, 0.25) is 0 Å². The number of rotatable bonds is 4. The Hall–Kier alpha value is -1.01. The van der Waals surface area contributed by atoms with Gasteiger partial charge in [0.15, 0.2) is 0 Å². The molecule has 112 valence electrons. The maximum Gasteiger partial charge on any atom is 0.417 e. The number of hydrogen-bond acceptors (Lipinski definition) is 1. The molecule has 0 spiro atoms. The Labute approximate surface area is 137 Å². The predicted octanol–water partition coefficient (Wildman–Crippen LogP) is 5.94. The summed E-state index contributed by atoms with van der Waals surface area (Å²) in [5.41, 5.74) is 0.693. The summed E-state index contributed by atoms with van der Waals surface area (Å²) in [6.45, 7) is 0.304. The topological polar surface area (TPSA) is 9.23 Å². The van der Waals surface area contributed by atoms with Gasteiger partial charge in [-0.3, -0.25) is 0 Å². The van der Waals surface area contributed by atoms with Crippen LogP contribution in [0.15, 0.2) is 46.9 Å². The van der Waals surface area contributed by atoms with E-state index in [4.69, 9.17) is 4.74 Å². The molecule has 0 atom stereocenters. The molecule has 0 aliphatic carbocycles. The second-order valence-electron chi connectivity index (χ2n) is 4.31. The standard InChI is InChI=1S/C15H11Br2F3O/c16-8-11-13(21-9-10-4-2-1-3-5-10)7-6-12(14(11)17)15(18,19)20/h1-7H,8-9H2. The maximum absolute atomic E-state index is 12.9. The Morgan fingerprint density at radius 3 is 2.24 bits per heavy atom. The van der Waals surface area contributed by atoms with Crippen LogP contribution in [0.3, 0.4) is 0 Å². The maximum atomic E-state index is 12.9. The Morgan fingerprint density at radius 2 is 1.67 bits per heavy atom. The van der Waals surface area contributed by atoms with Crippen molar-refractivity contribution in [1.82, 2.24) is 0 Å². The third-order valence-electron chi connectivity index (χ3n) is 2.88. The van der Waals surface area contributed by atoms with Crippen molar-refractivity contribution in [3.8, 4) is 5.75 Å². The van der Waals surface area contributed by atoms with Crippen LogP contribution in [0.25, 0.3) is 0 Å². The fourth-order valence-corrected chi connectivity index (χ4v) is 3.44. The Morgan fingerprint density at radius 1 is 1.00 bits per heavy atom. The van der Waals surface area contributed by atoms with Crippen molar-refractivity contribution in [3.63, 3.8) is 0 Å². The van der Waals surface area contributed by atoms with Gasteiger partial charge in [-0.2, -0.15) is 13.2 Å².